The maximum absolute atomic E-state index is 6.33. The number of imidazole rings is 1. The maximum Gasteiger partial charge on any atom is 0.158 e. The van der Waals surface area contributed by atoms with E-state index in [0.29, 0.717) is 0 Å². The van der Waals surface area contributed by atoms with Gasteiger partial charge in [-0.05, 0) is 49.6 Å². The SMILES string of the molecule is CCn1nc(C)c2nc(C(C)Cl)n(CCc3ccsc3)c21. The van der Waals surface area contributed by atoms with Crippen LogP contribution < -0.4 is 0 Å². The number of nitrogens with zero attached hydrogens (tertiary/aromatic N) is 4. The largest absolute Gasteiger partial charge is 0.311 e. The Morgan fingerprint density at radius 3 is 2.86 bits per heavy atom. The van der Waals surface area contributed by atoms with Gasteiger partial charge in [-0.3, -0.25) is 0 Å². The van der Waals surface area contributed by atoms with Gasteiger partial charge in [-0.2, -0.15) is 16.4 Å². The third-order valence-corrected chi connectivity index (χ3v) is 4.62. The number of aryl methyl sites for hydroxylation is 4. The second-order valence-corrected chi connectivity index (χ2v) is 6.63. The van der Waals surface area contributed by atoms with E-state index in [4.69, 9.17) is 16.6 Å². The third-order valence-electron chi connectivity index (χ3n) is 3.69. The van der Waals surface area contributed by atoms with Gasteiger partial charge in [0.15, 0.2) is 5.65 Å². The van der Waals surface area contributed by atoms with Gasteiger partial charge in [0.05, 0.1) is 11.1 Å². The van der Waals surface area contributed by atoms with Crippen molar-refractivity contribution in [3.8, 4) is 0 Å². The summed E-state index contributed by atoms with van der Waals surface area (Å²) in [5, 5.41) is 8.77. The first-order chi connectivity index (χ1) is 10.1. The highest BCUT2D eigenvalue weighted by atomic mass is 35.5. The topological polar surface area (TPSA) is 35.6 Å². The monoisotopic (exact) mass is 322 g/mol. The van der Waals surface area contributed by atoms with E-state index < -0.39 is 0 Å². The Morgan fingerprint density at radius 1 is 1.43 bits per heavy atom. The first-order valence-electron chi connectivity index (χ1n) is 7.20. The highest BCUT2D eigenvalue weighted by molar-refractivity contribution is 7.07. The first-order valence-corrected chi connectivity index (χ1v) is 8.58. The van der Waals surface area contributed by atoms with Gasteiger partial charge in [-0.1, -0.05) is 0 Å². The number of hydrogen-bond acceptors (Lipinski definition) is 3. The molecule has 0 aliphatic carbocycles. The zero-order valence-electron chi connectivity index (χ0n) is 12.5. The predicted molar refractivity (Wildman–Crippen MR) is 88.2 cm³/mol. The quantitative estimate of drug-likeness (QED) is 0.661. The van der Waals surface area contributed by atoms with E-state index in [2.05, 4.69) is 33.4 Å². The van der Waals surface area contributed by atoms with Gasteiger partial charge in [0.2, 0.25) is 0 Å². The summed E-state index contributed by atoms with van der Waals surface area (Å²) in [6, 6.07) is 2.17. The maximum atomic E-state index is 6.33. The van der Waals surface area contributed by atoms with Crippen LogP contribution in [0.1, 0.15) is 36.3 Å². The van der Waals surface area contributed by atoms with Gasteiger partial charge in [0.1, 0.15) is 11.3 Å². The van der Waals surface area contributed by atoms with Crippen LogP contribution in [0.2, 0.25) is 0 Å². The lowest BCUT2D eigenvalue weighted by molar-refractivity contribution is 0.608. The lowest BCUT2D eigenvalue weighted by Gasteiger charge is -2.11. The van der Waals surface area contributed by atoms with Crippen molar-refractivity contribution in [2.24, 2.45) is 0 Å². The fourth-order valence-corrected chi connectivity index (χ4v) is 3.53. The molecule has 4 nitrogen and oxygen atoms in total. The summed E-state index contributed by atoms with van der Waals surface area (Å²) in [7, 11) is 0. The second-order valence-electron chi connectivity index (χ2n) is 5.19. The molecular weight excluding hydrogens is 304 g/mol. The molecule has 3 aromatic heterocycles. The average Bonchev–Trinajstić information content (AvgIpc) is 3.13. The molecule has 21 heavy (non-hydrogen) atoms. The standard InChI is InChI=1S/C15H19ClN4S/c1-4-20-15-13(11(3)18-20)17-14(10(2)16)19(15)7-5-12-6-8-21-9-12/h6,8-10H,4-5,7H2,1-3H3. The van der Waals surface area contributed by atoms with E-state index in [1.165, 1.54) is 5.56 Å². The van der Waals surface area contributed by atoms with Crippen LogP contribution in [0.15, 0.2) is 16.8 Å². The van der Waals surface area contributed by atoms with Crippen LogP contribution in [0.25, 0.3) is 11.2 Å². The third kappa shape index (κ3) is 2.60. The lowest BCUT2D eigenvalue weighted by atomic mass is 10.2. The molecule has 0 amide bonds. The average molecular weight is 323 g/mol. The van der Waals surface area contributed by atoms with Crippen molar-refractivity contribution in [1.29, 1.82) is 0 Å². The number of fused-ring (bicyclic) bond motifs is 1. The Kier molecular flexibility index (Phi) is 4.04. The normalized spacial score (nSPS) is 13.1. The van der Waals surface area contributed by atoms with E-state index >= 15 is 0 Å². The van der Waals surface area contributed by atoms with E-state index in [1.807, 2.05) is 18.5 Å². The van der Waals surface area contributed by atoms with Gasteiger partial charge in [0, 0.05) is 13.1 Å². The minimum atomic E-state index is -0.107. The van der Waals surface area contributed by atoms with Crippen LogP contribution in [0.5, 0.6) is 0 Å². The molecule has 0 saturated heterocycles. The van der Waals surface area contributed by atoms with Crippen molar-refractivity contribution in [2.45, 2.75) is 45.7 Å². The summed E-state index contributed by atoms with van der Waals surface area (Å²) in [4.78, 5) is 4.73. The molecule has 3 heterocycles. The van der Waals surface area contributed by atoms with Crippen LogP contribution in [-0.2, 0) is 19.5 Å². The number of thiophene rings is 1. The van der Waals surface area contributed by atoms with Crippen LogP contribution in [0.3, 0.4) is 0 Å². The Morgan fingerprint density at radius 2 is 2.24 bits per heavy atom. The lowest BCUT2D eigenvalue weighted by Crippen LogP contribution is -2.10. The van der Waals surface area contributed by atoms with E-state index in [0.717, 1.165) is 42.2 Å². The highest BCUT2D eigenvalue weighted by Crippen LogP contribution is 2.27. The molecule has 0 aromatic carbocycles. The summed E-state index contributed by atoms with van der Waals surface area (Å²) in [5.74, 6) is 0.935. The molecular formula is C15H19ClN4S. The molecule has 0 aliphatic rings. The molecule has 1 atom stereocenters. The van der Waals surface area contributed by atoms with Gasteiger partial charge < -0.3 is 4.57 Å². The second kappa shape index (κ2) is 5.81. The van der Waals surface area contributed by atoms with Crippen LogP contribution in [0, 0.1) is 6.92 Å². The summed E-state index contributed by atoms with van der Waals surface area (Å²) < 4.78 is 4.25. The Balaban J connectivity index is 2.06. The van der Waals surface area contributed by atoms with Crippen molar-refractivity contribution < 1.29 is 0 Å². The molecule has 0 radical (unpaired) electrons. The Labute approximate surface area is 133 Å². The number of alkyl halides is 1. The van der Waals surface area contributed by atoms with Gasteiger partial charge in [-0.25, -0.2) is 9.67 Å². The van der Waals surface area contributed by atoms with Gasteiger partial charge in [0.25, 0.3) is 0 Å². The molecule has 0 fully saturated rings. The zero-order valence-corrected chi connectivity index (χ0v) is 14.1. The van der Waals surface area contributed by atoms with E-state index in [9.17, 15) is 0 Å². The zero-order chi connectivity index (χ0) is 15.0. The smallest absolute Gasteiger partial charge is 0.158 e. The summed E-state index contributed by atoms with van der Waals surface area (Å²) in [5.41, 5.74) is 4.39. The molecule has 112 valence electrons. The van der Waals surface area contributed by atoms with Crippen molar-refractivity contribution in [2.75, 3.05) is 0 Å². The van der Waals surface area contributed by atoms with E-state index in [1.54, 1.807) is 11.3 Å². The predicted octanol–water partition coefficient (Wildman–Crippen LogP) is 4.17. The highest BCUT2D eigenvalue weighted by Gasteiger charge is 2.20. The minimum Gasteiger partial charge on any atom is -0.311 e. The number of aromatic nitrogens is 4. The van der Waals surface area contributed by atoms with E-state index in [-0.39, 0.29) is 5.38 Å². The molecule has 0 aliphatic heterocycles. The fourth-order valence-electron chi connectivity index (χ4n) is 2.66. The summed E-state index contributed by atoms with van der Waals surface area (Å²) >= 11 is 8.07. The van der Waals surface area contributed by atoms with Crippen LogP contribution in [0.4, 0.5) is 0 Å². The van der Waals surface area contributed by atoms with Crippen LogP contribution >= 0.6 is 22.9 Å². The number of halogens is 1. The Bertz CT molecular complexity index is 739. The first kappa shape index (κ1) is 14.6. The molecule has 0 bridgehead atoms. The molecule has 3 aromatic rings. The molecule has 0 N–H and O–H groups in total. The molecule has 1 unspecified atom stereocenters. The van der Waals surface area contributed by atoms with Gasteiger partial charge in [-0.15, -0.1) is 11.6 Å². The van der Waals surface area contributed by atoms with Crippen molar-refractivity contribution in [1.82, 2.24) is 19.3 Å². The van der Waals surface area contributed by atoms with Crippen molar-refractivity contribution in [3.63, 3.8) is 0 Å². The molecule has 6 heteroatoms. The van der Waals surface area contributed by atoms with Crippen LogP contribution in [-0.4, -0.2) is 19.3 Å². The molecule has 0 spiro atoms. The van der Waals surface area contributed by atoms with Crippen molar-refractivity contribution in [3.05, 3.63) is 33.9 Å². The van der Waals surface area contributed by atoms with Gasteiger partial charge >= 0.3 is 0 Å². The number of hydrogen-bond donors (Lipinski definition) is 0. The molecule has 0 saturated carbocycles. The summed E-state index contributed by atoms with van der Waals surface area (Å²) in [6.07, 6.45) is 0.986. The molecule has 3 rings (SSSR count). The number of rotatable bonds is 5. The summed E-state index contributed by atoms with van der Waals surface area (Å²) in [6.45, 7) is 7.80. The minimum absolute atomic E-state index is 0.107. The van der Waals surface area contributed by atoms with Crippen molar-refractivity contribution >= 4 is 34.1 Å². The fraction of sp³-hybridized carbons (Fsp3) is 0.467. The Hall–Kier alpha value is -1.33.